The molecule has 0 radical (unpaired) electrons. The van der Waals surface area contributed by atoms with Crippen molar-refractivity contribution in [1.29, 1.82) is 0 Å². The normalized spacial score (nSPS) is 23.1. The van der Waals surface area contributed by atoms with Crippen molar-refractivity contribution in [2.24, 2.45) is 4.99 Å². The number of ether oxygens (including phenoxy) is 1. The summed E-state index contributed by atoms with van der Waals surface area (Å²) in [6.07, 6.45) is 0. The molecule has 0 saturated carbocycles. The van der Waals surface area contributed by atoms with Gasteiger partial charge in [0.15, 0.2) is 5.17 Å². The number of esters is 1. The maximum Gasteiger partial charge on any atom is 0.338 e. The molecule has 1 saturated heterocycles. The average Bonchev–Trinajstić information content (AvgIpc) is 2.86. The number of allylic oxidation sites excluding steroid dienone is 1. The Kier molecular flexibility index (Phi) is 4.73. The van der Waals surface area contributed by atoms with Crippen LogP contribution in [0.1, 0.15) is 51.8 Å². The molecule has 0 N–H and O–H groups in total. The van der Waals surface area contributed by atoms with Crippen molar-refractivity contribution in [2.45, 2.75) is 51.3 Å². The zero-order chi connectivity index (χ0) is 19.2. The van der Waals surface area contributed by atoms with E-state index in [1.807, 2.05) is 19.1 Å². The number of benzene rings is 1. The Morgan fingerprint density at radius 1 is 1.23 bits per heavy atom. The molecule has 2 unspecified atom stereocenters. The summed E-state index contributed by atoms with van der Waals surface area (Å²) >= 11 is 1.43. The summed E-state index contributed by atoms with van der Waals surface area (Å²) in [5.74, 6) is -0.486. The lowest BCUT2D eigenvalue weighted by atomic mass is 9.85. The lowest BCUT2D eigenvalue weighted by Gasteiger charge is -2.33. The van der Waals surface area contributed by atoms with Gasteiger partial charge in [0.1, 0.15) is 0 Å². The highest BCUT2D eigenvalue weighted by molar-refractivity contribution is 8.15. The number of aliphatic imine (C=N–C) groups is 1. The zero-order valence-electron chi connectivity index (χ0n) is 16.0. The molecule has 2 atom stereocenters. The third-order valence-electron chi connectivity index (χ3n) is 4.76. The summed E-state index contributed by atoms with van der Waals surface area (Å²) in [4.78, 5) is 31.4. The molecule has 0 bridgehead atoms. The van der Waals surface area contributed by atoms with Crippen molar-refractivity contribution in [2.75, 3.05) is 7.11 Å². The minimum Gasteiger partial charge on any atom is -0.466 e. The quantitative estimate of drug-likeness (QED) is 0.741. The Balaban J connectivity index is 2.12. The lowest BCUT2D eigenvalue weighted by Crippen LogP contribution is -2.40. The minimum atomic E-state index is -0.506. The van der Waals surface area contributed by atoms with Crippen molar-refractivity contribution in [3.05, 3.63) is 46.7 Å². The van der Waals surface area contributed by atoms with Gasteiger partial charge >= 0.3 is 5.97 Å². The molecule has 1 aromatic rings. The van der Waals surface area contributed by atoms with Crippen LogP contribution in [0.15, 0.2) is 40.5 Å². The monoisotopic (exact) mass is 372 g/mol. The average molecular weight is 372 g/mol. The Morgan fingerprint density at radius 2 is 1.85 bits per heavy atom. The molecule has 0 spiro atoms. The smallest absolute Gasteiger partial charge is 0.338 e. The summed E-state index contributed by atoms with van der Waals surface area (Å²) in [7, 11) is 1.35. The van der Waals surface area contributed by atoms with Crippen molar-refractivity contribution in [3.8, 4) is 0 Å². The number of thioether (sulfide) groups is 1. The van der Waals surface area contributed by atoms with Crippen LogP contribution in [0.2, 0.25) is 0 Å². The maximum atomic E-state index is 12.8. The van der Waals surface area contributed by atoms with Crippen LogP contribution < -0.4 is 0 Å². The number of hydrogen-bond donors (Lipinski definition) is 0. The van der Waals surface area contributed by atoms with E-state index in [0.717, 1.165) is 5.56 Å². The molecule has 2 aliphatic heterocycles. The summed E-state index contributed by atoms with van der Waals surface area (Å²) in [6.45, 7) is 10.1. The van der Waals surface area contributed by atoms with Crippen LogP contribution >= 0.6 is 11.8 Å². The Labute approximate surface area is 158 Å². The predicted octanol–water partition coefficient (Wildman–Crippen LogP) is 3.81. The molecule has 1 aromatic carbocycles. The summed E-state index contributed by atoms with van der Waals surface area (Å²) < 4.78 is 4.99. The predicted molar refractivity (Wildman–Crippen MR) is 104 cm³/mol. The minimum absolute atomic E-state index is 0.0302. The number of rotatable bonds is 2. The van der Waals surface area contributed by atoms with Crippen molar-refractivity contribution in [1.82, 2.24) is 4.90 Å². The molecule has 0 aliphatic carbocycles. The highest BCUT2D eigenvalue weighted by Gasteiger charge is 2.46. The maximum absolute atomic E-state index is 12.8. The van der Waals surface area contributed by atoms with Gasteiger partial charge < -0.3 is 4.74 Å². The van der Waals surface area contributed by atoms with Crippen molar-refractivity contribution in [3.63, 3.8) is 0 Å². The SMILES string of the molecule is COC(=O)C1=C(C)N=C2SC(C)C(=O)N2C1c1ccc(C(C)(C)C)cc1. The summed E-state index contributed by atoms with van der Waals surface area (Å²) in [5, 5.41) is 0.437. The van der Waals surface area contributed by atoms with Crippen LogP contribution in [0, 0.1) is 0 Å². The van der Waals surface area contributed by atoms with Crippen molar-refractivity contribution < 1.29 is 14.3 Å². The standard InChI is InChI=1S/C20H24N2O3S/c1-11-15(18(24)25-6)16(22-17(23)12(2)26-19(22)21-11)13-7-9-14(10-8-13)20(3,4)5/h7-10,12,16H,1-6H3. The third kappa shape index (κ3) is 3.07. The van der Waals surface area contributed by atoms with Crippen LogP contribution in [-0.2, 0) is 19.7 Å². The van der Waals surface area contributed by atoms with Gasteiger partial charge in [-0.25, -0.2) is 9.79 Å². The molecule has 0 aromatic heterocycles. The van der Waals surface area contributed by atoms with Gasteiger partial charge in [-0.2, -0.15) is 0 Å². The van der Waals surface area contributed by atoms with Gasteiger partial charge in [-0.05, 0) is 30.4 Å². The van der Waals surface area contributed by atoms with Gasteiger partial charge in [0, 0.05) is 0 Å². The largest absolute Gasteiger partial charge is 0.466 e. The number of fused-ring (bicyclic) bond motifs is 1. The van der Waals surface area contributed by atoms with Crippen molar-refractivity contribution >= 4 is 28.8 Å². The fourth-order valence-electron chi connectivity index (χ4n) is 3.25. The molecule has 6 heteroatoms. The highest BCUT2D eigenvalue weighted by Crippen LogP contribution is 2.43. The molecule has 2 heterocycles. The molecular formula is C20H24N2O3S. The van der Waals surface area contributed by atoms with E-state index in [1.54, 1.807) is 11.8 Å². The molecule has 1 amide bonds. The number of methoxy groups -OCH3 is 1. The zero-order valence-corrected chi connectivity index (χ0v) is 16.8. The number of amidine groups is 1. The molecule has 5 nitrogen and oxygen atoms in total. The van der Waals surface area contributed by atoms with Crippen LogP contribution in [0.25, 0.3) is 0 Å². The molecule has 1 fully saturated rings. The Morgan fingerprint density at radius 3 is 2.38 bits per heavy atom. The van der Waals surface area contributed by atoms with Gasteiger partial charge in [-0.1, -0.05) is 56.8 Å². The molecular weight excluding hydrogens is 348 g/mol. The number of carbonyl (C=O) groups is 2. The summed E-state index contributed by atoms with van der Waals surface area (Å²) in [6, 6.07) is 7.59. The fourth-order valence-corrected chi connectivity index (χ4v) is 4.28. The molecule has 26 heavy (non-hydrogen) atoms. The highest BCUT2D eigenvalue weighted by atomic mass is 32.2. The Hall–Kier alpha value is -2.08. The van der Waals surface area contributed by atoms with E-state index in [0.29, 0.717) is 16.4 Å². The first kappa shape index (κ1) is 18.7. The summed E-state index contributed by atoms with van der Waals surface area (Å²) in [5.41, 5.74) is 3.13. The molecule has 3 rings (SSSR count). The second-order valence-corrected chi connectivity index (χ2v) is 8.94. The van der Waals surface area contributed by atoms with Gasteiger partial charge in [0.05, 0.1) is 29.7 Å². The van der Waals surface area contributed by atoms with E-state index in [4.69, 9.17) is 4.74 Å². The third-order valence-corrected chi connectivity index (χ3v) is 5.81. The number of nitrogens with zero attached hydrogens (tertiary/aromatic N) is 2. The van der Waals surface area contributed by atoms with E-state index in [-0.39, 0.29) is 16.6 Å². The fraction of sp³-hybridized carbons (Fsp3) is 0.450. The first-order valence-corrected chi connectivity index (χ1v) is 9.51. The van der Waals surface area contributed by atoms with E-state index >= 15 is 0 Å². The molecule has 2 aliphatic rings. The van der Waals surface area contributed by atoms with E-state index in [9.17, 15) is 9.59 Å². The number of amides is 1. The van der Waals surface area contributed by atoms with Crippen LogP contribution in [0.4, 0.5) is 0 Å². The lowest BCUT2D eigenvalue weighted by molar-refractivity contribution is -0.137. The van der Waals surface area contributed by atoms with E-state index in [2.05, 4.69) is 37.9 Å². The van der Waals surface area contributed by atoms with Gasteiger partial charge in [-0.15, -0.1) is 0 Å². The van der Waals surface area contributed by atoms with Gasteiger partial charge in [-0.3, -0.25) is 9.69 Å². The van der Waals surface area contributed by atoms with Gasteiger partial charge in [0.2, 0.25) is 5.91 Å². The topological polar surface area (TPSA) is 59.0 Å². The number of carbonyl (C=O) groups excluding carboxylic acids is 2. The van der Waals surface area contributed by atoms with E-state index < -0.39 is 12.0 Å². The number of hydrogen-bond acceptors (Lipinski definition) is 5. The molecule has 138 valence electrons. The Bertz CT molecular complexity index is 818. The second-order valence-electron chi connectivity index (χ2n) is 7.63. The van der Waals surface area contributed by atoms with Gasteiger partial charge in [0.25, 0.3) is 0 Å². The van der Waals surface area contributed by atoms with Crippen LogP contribution in [0.5, 0.6) is 0 Å². The van der Waals surface area contributed by atoms with Crippen LogP contribution in [-0.4, -0.2) is 34.3 Å². The second kappa shape index (κ2) is 6.58. The van der Waals surface area contributed by atoms with E-state index in [1.165, 1.54) is 24.4 Å². The first-order chi connectivity index (χ1) is 12.1. The van der Waals surface area contributed by atoms with Crippen LogP contribution in [0.3, 0.4) is 0 Å². The first-order valence-electron chi connectivity index (χ1n) is 8.63.